The van der Waals surface area contributed by atoms with E-state index < -0.39 is 0 Å². The summed E-state index contributed by atoms with van der Waals surface area (Å²) < 4.78 is 11.9. The van der Waals surface area contributed by atoms with Crippen LogP contribution in [0.1, 0.15) is 0 Å². The summed E-state index contributed by atoms with van der Waals surface area (Å²) in [6, 6.07) is 77.4. The highest BCUT2D eigenvalue weighted by molar-refractivity contribution is 7.26. The maximum atomic E-state index is 6.65. The summed E-state index contributed by atoms with van der Waals surface area (Å²) in [6.45, 7) is 0. The van der Waals surface area contributed by atoms with E-state index in [9.17, 15) is 0 Å². The Balaban J connectivity index is 0.955. The van der Waals surface area contributed by atoms with Crippen molar-refractivity contribution in [2.24, 2.45) is 0 Å². The number of fused-ring (bicyclic) bond motifs is 12. The molecule has 0 N–H and O–H groups in total. The first-order valence-corrected chi connectivity index (χ1v) is 23.6. The predicted molar refractivity (Wildman–Crippen MR) is 279 cm³/mol. The Hall–Kier alpha value is -7.89. The van der Waals surface area contributed by atoms with E-state index in [2.05, 4.69) is 206 Å². The van der Waals surface area contributed by atoms with Gasteiger partial charge in [-0.15, -0.1) is 22.7 Å². The smallest absolute Gasteiger partial charge is 0.136 e. The molecule has 65 heavy (non-hydrogen) atoms. The van der Waals surface area contributed by atoms with Crippen molar-refractivity contribution in [1.82, 2.24) is 4.98 Å². The maximum absolute atomic E-state index is 6.65. The highest BCUT2D eigenvalue weighted by Crippen LogP contribution is 2.47. The quantitative estimate of drug-likeness (QED) is 0.161. The molecule has 0 radical (unpaired) electrons. The number of rotatable bonds is 5. The summed E-state index contributed by atoms with van der Waals surface area (Å²) in [6.07, 6.45) is 0. The fourth-order valence-electron chi connectivity index (χ4n) is 10.2. The second-order valence-electron chi connectivity index (χ2n) is 17.0. The van der Waals surface area contributed by atoms with Gasteiger partial charge in [-0.1, -0.05) is 152 Å². The molecule has 0 atom stereocenters. The predicted octanol–water partition coefficient (Wildman–Crippen LogP) is 18.4. The fraction of sp³-hybridized carbons (Fsp3) is 0. The minimum absolute atomic E-state index is 0.861. The van der Waals surface area contributed by atoms with E-state index in [4.69, 9.17) is 9.40 Å². The Labute approximate surface area is 381 Å². The van der Waals surface area contributed by atoms with Gasteiger partial charge >= 0.3 is 0 Å². The monoisotopic (exact) mass is 861 g/mol. The lowest BCUT2D eigenvalue weighted by molar-refractivity contribution is 0.669. The highest BCUT2D eigenvalue weighted by atomic mass is 32.1. The van der Waals surface area contributed by atoms with Crippen LogP contribution in [0.15, 0.2) is 217 Å². The summed E-state index contributed by atoms with van der Waals surface area (Å²) in [7, 11) is 0. The van der Waals surface area contributed by atoms with E-state index in [-0.39, 0.29) is 0 Å². The number of hydrogen-bond acceptors (Lipinski definition) is 4. The van der Waals surface area contributed by atoms with E-state index >= 15 is 0 Å². The van der Waals surface area contributed by atoms with Gasteiger partial charge in [0.15, 0.2) is 0 Å². The fourth-order valence-corrected chi connectivity index (χ4v) is 12.5. The molecule has 0 spiro atoms. The van der Waals surface area contributed by atoms with Crippen LogP contribution in [0, 0.1) is 0 Å². The normalized spacial score (nSPS) is 12.0. The van der Waals surface area contributed by atoms with Gasteiger partial charge in [0, 0.05) is 78.4 Å². The van der Waals surface area contributed by atoms with Crippen molar-refractivity contribution in [1.29, 1.82) is 0 Å². The Morgan fingerprint density at radius 2 is 0.800 bits per heavy atom. The average molecular weight is 862 g/mol. The van der Waals surface area contributed by atoms with Crippen LogP contribution >= 0.6 is 22.7 Å². The number of para-hydroxylation sites is 2. The summed E-state index contributed by atoms with van der Waals surface area (Å²) in [5, 5.41) is 10.9. The lowest BCUT2D eigenvalue weighted by atomic mass is 9.89. The van der Waals surface area contributed by atoms with Crippen molar-refractivity contribution in [2.75, 3.05) is 0 Å². The van der Waals surface area contributed by atoms with Gasteiger partial charge < -0.3 is 4.42 Å². The molecule has 0 bridgehead atoms. The highest BCUT2D eigenvalue weighted by Gasteiger charge is 2.22. The topological polar surface area (TPSA) is 26.0 Å². The lowest BCUT2D eigenvalue weighted by Crippen LogP contribution is -1.93. The van der Waals surface area contributed by atoms with Crippen molar-refractivity contribution in [3.05, 3.63) is 212 Å². The third kappa shape index (κ3) is 5.81. The number of thiophene rings is 2. The van der Waals surface area contributed by atoms with Crippen LogP contribution < -0.4 is 0 Å². The number of furan rings is 1. The number of hydrogen-bond donors (Lipinski definition) is 0. The molecular formula is C61H35NOS2. The van der Waals surface area contributed by atoms with Crippen molar-refractivity contribution in [3.8, 4) is 55.8 Å². The molecule has 14 aromatic rings. The van der Waals surface area contributed by atoms with Gasteiger partial charge in [0.05, 0.1) is 11.2 Å². The van der Waals surface area contributed by atoms with Gasteiger partial charge in [-0.2, -0.15) is 0 Å². The SMILES string of the molecule is c1ccc(-c2c3c(cc4c(-c5ccc(-c6cc(-c7ccc8c(c7)sc7ccccc78)cc(-c7ccc8c(c7)sc7ccccc78)c6)cc5)nc5ccccc5c24)oc2ccccc23)cc1. The molecule has 4 aromatic heterocycles. The Bertz CT molecular complexity index is 4100. The van der Waals surface area contributed by atoms with Crippen LogP contribution in [-0.2, 0) is 0 Å². The zero-order valence-electron chi connectivity index (χ0n) is 34.9. The zero-order chi connectivity index (χ0) is 42.6. The van der Waals surface area contributed by atoms with E-state index in [0.29, 0.717) is 0 Å². The molecule has 0 unspecified atom stereocenters. The second kappa shape index (κ2) is 14.3. The Morgan fingerprint density at radius 3 is 1.46 bits per heavy atom. The summed E-state index contributed by atoms with van der Waals surface area (Å²) >= 11 is 3.73. The second-order valence-corrected chi connectivity index (χ2v) is 19.2. The molecule has 0 saturated carbocycles. The molecule has 0 aliphatic heterocycles. The molecule has 4 heteroatoms. The van der Waals surface area contributed by atoms with Gasteiger partial charge in [-0.3, -0.25) is 0 Å². The van der Waals surface area contributed by atoms with Gasteiger partial charge in [0.25, 0.3) is 0 Å². The third-order valence-electron chi connectivity index (χ3n) is 13.2. The maximum Gasteiger partial charge on any atom is 0.136 e. The van der Waals surface area contributed by atoms with Crippen LogP contribution in [0.4, 0.5) is 0 Å². The zero-order valence-corrected chi connectivity index (χ0v) is 36.5. The first kappa shape index (κ1) is 36.6. The molecule has 0 aliphatic carbocycles. The first-order valence-electron chi connectivity index (χ1n) is 22.0. The molecule has 0 fully saturated rings. The average Bonchev–Trinajstić information content (AvgIpc) is 4.06. The standard InChI is InChI=1S/C61H35NOS2/c1-2-12-37(13-3-1)58-59-48-16-4-8-18-51(48)62-61(50(59)35-53-60(58)49-17-5-9-19-52(49)63-53)38-24-22-36(23-25-38)41-30-42(39-26-28-46-44-14-6-10-20-54(44)64-56(46)33-39)32-43(31-41)40-27-29-47-45-15-7-11-21-55(45)65-57(47)34-40/h1-35H. The van der Waals surface area contributed by atoms with Gasteiger partial charge in [0.2, 0.25) is 0 Å². The summed E-state index contributed by atoms with van der Waals surface area (Å²) in [5.41, 5.74) is 14.2. The molecule has 0 aliphatic rings. The van der Waals surface area contributed by atoms with Crippen LogP contribution in [0.5, 0.6) is 0 Å². The molecule has 302 valence electrons. The molecular weight excluding hydrogens is 827 g/mol. The molecule has 0 saturated heterocycles. The minimum atomic E-state index is 0.861. The van der Waals surface area contributed by atoms with Gasteiger partial charge in [-0.25, -0.2) is 4.98 Å². The Morgan fingerprint density at radius 1 is 0.292 bits per heavy atom. The number of pyridine rings is 1. The summed E-state index contributed by atoms with van der Waals surface area (Å²) in [4.78, 5) is 5.42. The molecule has 2 nitrogen and oxygen atoms in total. The number of aromatic nitrogens is 1. The van der Waals surface area contributed by atoms with Crippen LogP contribution in [0.25, 0.3) is 140 Å². The van der Waals surface area contributed by atoms with E-state index in [1.54, 1.807) is 0 Å². The van der Waals surface area contributed by atoms with E-state index in [1.807, 2.05) is 28.7 Å². The van der Waals surface area contributed by atoms with E-state index in [1.165, 1.54) is 79.1 Å². The van der Waals surface area contributed by atoms with Crippen molar-refractivity contribution < 1.29 is 4.42 Å². The van der Waals surface area contributed by atoms with Crippen molar-refractivity contribution >= 4 is 107 Å². The van der Waals surface area contributed by atoms with Crippen LogP contribution in [-0.4, -0.2) is 4.98 Å². The largest absolute Gasteiger partial charge is 0.456 e. The molecule has 10 aromatic carbocycles. The molecule has 0 amide bonds. The Kier molecular flexibility index (Phi) is 8.06. The van der Waals surface area contributed by atoms with Gasteiger partial charge in [0.1, 0.15) is 11.2 Å². The number of nitrogens with zero attached hydrogens (tertiary/aromatic N) is 1. The third-order valence-corrected chi connectivity index (χ3v) is 15.5. The van der Waals surface area contributed by atoms with Gasteiger partial charge in [-0.05, 0) is 99.6 Å². The van der Waals surface area contributed by atoms with Crippen molar-refractivity contribution in [2.45, 2.75) is 0 Å². The van der Waals surface area contributed by atoms with Crippen LogP contribution in [0.2, 0.25) is 0 Å². The summed E-state index contributed by atoms with van der Waals surface area (Å²) in [5.74, 6) is 0. The first-order chi connectivity index (χ1) is 32.2. The molecule has 14 rings (SSSR count). The molecule has 4 heterocycles. The lowest BCUT2D eigenvalue weighted by Gasteiger charge is -2.16. The van der Waals surface area contributed by atoms with Crippen LogP contribution in [0.3, 0.4) is 0 Å². The van der Waals surface area contributed by atoms with Crippen molar-refractivity contribution in [3.63, 3.8) is 0 Å². The number of benzene rings is 10. The van der Waals surface area contributed by atoms with E-state index in [0.717, 1.165) is 60.6 Å². The minimum Gasteiger partial charge on any atom is -0.456 e.